The lowest BCUT2D eigenvalue weighted by Crippen LogP contribution is -2.31. The first-order chi connectivity index (χ1) is 16.6. The molecule has 0 spiro atoms. The average Bonchev–Trinajstić information content (AvgIpc) is 2.85. The summed E-state index contributed by atoms with van der Waals surface area (Å²) >= 11 is 5.85. The minimum absolute atomic E-state index is 0.0258. The van der Waals surface area contributed by atoms with Crippen LogP contribution in [0.2, 0.25) is 5.02 Å². The van der Waals surface area contributed by atoms with Crippen LogP contribution >= 0.6 is 11.6 Å². The monoisotopic (exact) mass is 516 g/mol. The third-order valence-electron chi connectivity index (χ3n) is 6.29. The number of carbonyl (C=O) groups excluding carboxylic acids is 1. The summed E-state index contributed by atoms with van der Waals surface area (Å²) in [4.78, 5) is 12.8. The van der Waals surface area contributed by atoms with Gasteiger partial charge in [0.1, 0.15) is 23.0 Å². The molecule has 3 aromatic rings. The number of hydrogen-bond acceptors (Lipinski definition) is 4. The van der Waals surface area contributed by atoms with E-state index >= 15 is 0 Å². The van der Waals surface area contributed by atoms with Gasteiger partial charge in [-0.2, -0.15) is 0 Å². The van der Waals surface area contributed by atoms with Crippen LogP contribution in [0, 0.1) is 5.82 Å². The van der Waals surface area contributed by atoms with Gasteiger partial charge in [-0.15, -0.1) is 0 Å². The van der Waals surface area contributed by atoms with Crippen LogP contribution in [0.25, 0.3) is 0 Å². The Hall–Kier alpha value is -2.70. The smallest absolute Gasteiger partial charge is 0.178 e. The Morgan fingerprint density at radius 3 is 1.91 bits per heavy atom. The van der Waals surface area contributed by atoms with Gasteiger partial charge >= 0.3 is 0 Å². The SMILES string of the molecule is CCC(CC)(Oc1ccc(CC(=O)Cc2ccc(S(=O)(=O)CC)cc2)cc1)c1ccc(Cl)c(F)c1. The molecule has 35 heavy (non-hydrogen) atoms. The molecule has 0 bridgehead atoms. The van der Waals surface area contributed by atoms with Crippen LogP contribution < -0.4 is 4.74 Å². The lowest BCUT2D eigenvalue weighted by molar-refractivity contribution is -0.117. The molecular formula is C28H30ClFO4S. The fourth-order valence-corrected chi connectivity index (χ4v) is 5.04. The van der Waals surface area contributed by atoms with Crippen molar-refractivity contribution in [1.82, 2.24) is 0 Å². The lowest BCUT2D eigenvalue weighted by Gasteiger charge is -2.33. The Morgan fingerprint density at radius 2 is 1.43 bits per heavy atom. The molecule has 0 aliphatic carbocycles. The predicted molar refractivity (Wildman–Crippen MR) is 137 cm³/mol. The topological polar surface area (TPSA) is 60.4 Å². The average molecular weight is 517 g/mol. The zero-order chi connectivity index (χ0) is 25.6. The Bertz CT molecular complexity index is 1270. The van der Waals surface area contributed by atoms with Gasteiger partial charge < -0.3 is 4.74 Å². The van der Waals surface area contributed by atoms with Crippen molar-refractivity contribution in [1.29, 1.82) is 0 Å². The zero-order valence-electron chi connectivity index (χ0n) is 20.2. The second kappa shape index (κ2) is 11.4. The second-order valence-corrected chi connectivity index (χ2v) is 11.2. The molecule has 0 radical (unpaired) electrons. The largest absolute Gasteiger partial charge is 0.483 e. The molecule has 0 unspecified atom stereocenters. The van der Waals surface area contributed by atoms with Crippen molar-refractivity contribution in [2.75, 3.05) is 5.75 Å². The van der Waals surface area contributed by atoms with Gasteiger partial charge in [0.2, 0.25) is 0 Å². The maximum atomic E-state index is 14.1. The summed E-state index contributed by atoms with van der Waals surface area (Å²) in [7, 11) is -3.26. The second-order valence-electron chi connectivity index (χ2n) is 8.52. The summed E-state index contributed by atoms with van der Waals surface area (Å²) in [6.45, 7) is 5.59. The molecule has 0 saturated carbocycles. The van der Waals surface area contributed by atoms with Gasteiger partial charge in [-0.3, -0.25) is 4.79 Å². The first-order valence-corrected chi connectivity index (χ1v) is 13.7. The molecule has 3 aromatic carbocycles. The molecular weight excluding hydrogens is 487 g/mol. The molecule has 7 heteroatoms. The Balaban J connectivity index is 1.67. The van der Waals surface area contributed by atoms with Gasteiger partial charge in [-0.05, 0) is 65.9 Å². The van der Waals surface area contributed by atoms with E-state index in [4.69, 9.17) is 16.3 Å². The summed E-state index contributed by atoms with van der Waals surface area (Å²) in [5.41, 5.74) is 1.65. The number of ketones is 1. The molecule has 0 amide bonds. The van der Waals surface area contributed by atoms with Gasteiger partial charge in [-0.1, -0.05) is 62.7 Å². The standard InChI is InChI=1S/C28H30ClFO4S/c1-4-28(5-2,22-11-16-26(29)27(30)19-22)34-24-12-7-20(8-13-24)17-23(31)18-21-9-14-25(15-10-21)35(32,33)6-3/h7-16,19H,4-6,17-18H2,1-3H3. The molecule has 186 valence electrons. The summed E-state index contributed by atoms with van der Waals surface area (Å²) < 4.78 is 44.3. The third kappa shape index (κ3) is 6.50. The minimum Gasteiger partial charge on any atom is -0.483 e. The molecule has 0 heterocycles. The quantitative estimate of drug-likeness (QED) is 0.284. The third-order valence-corrected chi connectivity index (χ3v) is 8.35. The lowest BCUT2D eigenvalue weighted by atomic mass is 9.88. The van der Waals surface area contributed by atoms with E-state index in [1.54, 1.807) is 43.3 Å². The van der Waals surface area contributed by atoms with Gasteiger partial charge in [0.15, 0.2) is 9.84 Å². The molecule has 0 aliphatic rings. The van der Waals surface area contributed by atoms with Crippen LogP contribution in [0.4, 0.5) is 4.39 Å². The van der Waals surface area contributed by atoms with E-state index in [0.29, 0.717) is 18.6 Å². The summed E-state index contributed by atoms with van der Waals surface area (Å²) in [6.07, 6.45) is 1.76. The number of rotatable bonds is 11. The van der Waals surface area contributed by atoms with Crippen LogP contribution in [0.5, 0.6) is 5.75 Å². The van der Waals surface area contributed by atoms with Crippen LogP contribution in [0.15, 0.2) is 71.6 Å². The molecule has 4 nitrogen and oxygen atoms in total. The first kappa shape index (κ1) is 26.9. The highest BCUT2D eigenvalue weighted by Crippen LogP contribution is 2.36. The number of sulfone groups is 1. The van der Waals surface area contributed by atoms with Gasteiger partial charge in [0.05, 0.1) is 15.7 Å². The van der Waals surface area contributed by atoms with Gasteiger partial charge in [0.25, 0.3) is 0 Å². The molecule has 0 aromatic heterocycles. The Labute approximate surface area is 212 Å². The van der Waals surface area contributed by atoms with Crippen LogP contribution in [0.3, 0.4) is 0 Å². The van der Waals surface area contributed by atoms with E-state index in [-0.39, 0.29) is 34.3 Å². The van der Waals surface area contributed by atoms with Crippen molar-refractivity contribution in [3.63, 3.8) is 0 Å². The highest BCUT2D eigenvalue weighted by atomic mass is 35.5. The number of ether oxygens (including phenoxy) is 1. The number of carbonyl (C=O) groups is 1. The molecule has 0 saturated heterocycles. The van der Waals surface area contributed by atoms with Crippen molar-refractivity contribution in [2.24, 2.45) is 0 Å². The van der Waals surface area contributed by atoms with Crippen molar-refractivity contribution in [3.05, 3.63) is 94.3 Å². The first-order valence-electron chi connectivity index (χ1n) is 11.7. The van der Waals surface area contributed by atoms with Crippen molar-refractivity contribution >= 4 is 27.2 Å². The maximum Gasteiger partial charge on any atom is 0.178 e. The minimum atomic E-state index is -3.26. The zero-order valence-corrected chi connectivity index (χ0v) is 21.8. The van der Waals surface area contributed by atoms with E-state index in [9.17, 15) is 17.6 Å². The van der Waals surface area contributed by atoms with Crippen LogP contribution in [0.1, 0.15) is 50.3 Å². The number of Topliss-reactive ketones (excluding diaryl/α,β-unsaturated/α-hetero) is 1. The van der Waals surface area contributed by atoms with Gasteiger partial charge in [0, 0.05) is 12.8 Å². The van der Waals surface area contributed by atoms with E-state index in [1.165, 1.54) is 6.07 Å². The number of halogens is 2. The maximum absolute atomic E-state index is 14.1. The molecule has 0 N–H and O–H groups in total. The van der Waals surface area contributed by atoms with E-state index in [2.05, 4.69) is 0 Å². The summed E-state index contributed by atoms with van der Waals surface area (Å²) in [5, 5.41) is 0.0748. The van der Waals surface area contributed by atoms with Crippen LogP contribution in [-0.4, -0.2) is 20.0 Å². The Morgan fingerprint density at radius 1 is 0.886 bits per heavy atom. The molecule has 0 atom stereocenters. The predicted octanol–water partition coefficient (Wildman–Crippen LogP) is 6.72. The number of hydrogen-bond donors (Lipinski definition) is 0. The van der Waals surface area contributed by atoms with Crippen molar-refractivity contribution < 1.29 is 22.3 Å². The fourth-order valence-electron chi connectivity index (χ4n) is 4.04. The van der Waals surface area contributed by atoms with Gasteiger partial charge in [-0.25, -0.2) is 12.8 Å². The molecule has 3 rings (SSSR count). The fraction of sp³-hybridized carbons (Fsp3) is 0.321. The van der Waals surface area contributed by atoms with Crippen LogP contribution in [-0.2, 0) is 33.1 Å². The highest BCUT2D eigenvalue weighted by molar-refractivity contribution is 7.91. The summed E-state index contributed by atoms with van der Waals surface area (Å²) in [5.74, 6) is 0.222. The normalized spacial score (nSPS) is 11.9. The van der Waals surface area contributed by atoms with E-state index in [1.807, 2.05) is 38.1 Å². The highest BCUT2D eigenvalue weighted by Gasteiger charge is 2.31. The van der Waals surface area contributed by atoms with E-state index < -0.39 is 21.3 Å². The van der Waals surface area contributed by atoms with E-state index in [0.717, 1.165) is 16.7 Å². The number of benzene rings is 3. The summed E-state index contributed by atoms with van der Waals surface area (Å²) in [6, 6.07) is 18.6. The molecule has 0 aliphatic heterocycles. The van der Waals surface area contributed by atoms with Crippen molar-refractivity contribution in [2.45, 2.75) is 57.0 Å². The molecule has 0 fully saturated rings. The van der Waals surface area contributed by atoms with Crippen molar-refractivity contribution in [3.8, 4) is 5.75 Å². The Kier molecular flexibility index (Phi) is 8.73.